The molecule has 0 spiro atoms. The molecule has 0 atom stereocenters. The SMILES string of the molecule is CCC(CC)C(=O)N(Cc1nc2sc(C)c(C)c2c(=O)[nH]1)C1CCCC1. The molecule has 6 heteroatoms. The predicted octanol–water partition coefficient (Wildman–Crippen LogP) is 4.31. The number of rotatable bonds is 6. The Morgan fingerprint density at radius 2 is 1.92 bits per heavy atom. The van der Waals surface area contributed by atoms with Crippen molar-refractivity contribution in [3.8, 4) is 0 Å². The second kappa shape index (κ2) is 7.91. The average Bonchev–Trinajstić information content (AvgIpc) is 3.23. The third-order valence-corrected chi connectivity index (χ3v) is 6.89. The third-order valence-electron chi connectivity index (χ3n) is 5.79. The Morgan fingerprint density at radius 1 is 1.27 bits per heavy atom. The fourth-order valence-corrected chi connectivity index (χ4v) is 5.06. The van der Waals surface area contributed by atoms with Gasteiger partial charge in [0.15, 0.2) is 0 Å². The van der Waals surface area contributed by atoms with Crippen molar-refractivity contribution in [1.82, 2.24) is 14.9 Å². The van der Waals surface area contributed by atoms with Gasteiger partial charge in [-0.2, -0.15) is 0 Å². The van der Waals surface area contributed by atoms with Crippen LogP contribution in [-0.2, 0) is 11.3 Å². The molecule has 1 amide bonds. The van der Waals surface area contributed by atoms with Crippen molar-refractivity contribution in [3.63, 3.8) is 0 Å². The van der Waals surface area contributed by atoms with Gasteiger partial charge in [-0.15, -0.1) is 11.3 Å². The van der Waals surface area contributed by atoms with E-state index in [1.54, 1.807) is 11.3 Å². The van der Waals surface area contributed by atoms with E-state index in [0.29, 0.717) is 17.8 Å². The number of amides is 1. The van der Waals surface area contributed by atoms with E-state index >= 15 is 0 Å². The largest absolute Gasteiger partial charge is 0.332 e. The molecule has 0 aromatic carbocycles. The summed E-state index contributed by atoms with van der Waals surface area (Å²) in [6, 6.07) is 0.274. The lowest BCUT2D eigenvalue weighted by molar-refractivity contribution is -0.139. The van der Waals surface area contributed by atoms with Crippen molar-refractivity contribution in [2.24, 2.45) is 5.92 Å². The molecule has 142 valence electrons. The molecule has 5 nitrogen and oxygen atoms in total. The fourth-order valence-electron chi connectivity index (χ4n) is 4.01. The number of nitrogens with one attached hydrogen (secondary N) is 1. The number of fused-ring (bicyclic) bond motifs is 1. The minimum Gasteiger partial charge on any atom is -0.332 e. The van der Waals surface area contributed by atoms with Crippen molar-refractivity contribution in [1.29, 1.82) is 0 Å². The Hall–Kier alpha value is -1.69. The number of hydrogen-bond donors (Lipinski definition) is 1. The molecule has 1 fully saturated rings. The summed E-state index contributed by atoms with van der Waals surface area (Å²) in [7, 11) is 0. The normalized spacial score (nSPS) is 15.3. The molecule has 1 saturated carbocycles. The lowest BCUT2D eigenvalue weighted by atomic mass is 10.0. The quantitative estimate of drug-likeness (QED) is 0.818. The van der Waals surface area contributed by atoms with Crippen molar-refractivity contribution in [3.05, 3.63) is 26.6 Å². The van der Waals surface area contributed by atoms with Crippen LogP contribution in [0.15, 0.2) is 4.79 Å². The Bertz CT molecular complexity index is 845. The monoisotopic (exact) mass is 375 g/mol. The lowest BCUT2D eigenvalue weighted by Crippen LogP contribution is -2.42. The zero-order chi connectivity index (χ0) is 18.8. The summed E-state index contributed by atoms with van der Waals surface area (Å²) in [5.74, 6) is 0.871. The van der Waals surface area contributed by atoms with Crippen LogP contribution in [0.1, 0.15) is 68.6 Å². The first-order chi connectivity index (χ1) is 12.5. The van der Waals surface area contributed by atoms with Crippen LogP contribution in [0, 0.1) is 19.8 Å². The number of H-pyrrole nitrogens is 1. The highest BCUT2D eigenvalue weighted by atomic mass is 32.1. The maximum absolute atomic E-state index is 13.1. The predicted molar refractivity (Wildman–Crippen MR) is 107 cm³/mol. The summed E-state index contributed by atoms with van der Waals surface area (Å²) in [4.78, 5) is 37.2. The average molecular weight is 376 g/mol. The number of nitrogens with zero attached hydrogens (tertiary/aromatic N) is 2. The first-order valence-electron chi connectivity index (χ1n) is 9.75. The van der Waals surface area contributed by atoms with Crippen LogP contribution >= 0.6 is 11.3 Å². The maximum atomic E-state index is 13.1. The van der Waals surface area contributed by atoms with Crippen LogP contribution in [0.25, 0.3) is 10.2 Å². The molecule has 0 aliphatic heterocycles. The highest BCUT2D eigenvalue weighted by Gasteiger charge is 2.30. The van der Waals surface area contributed by atoms with Gasteiger partial charge < -0.3 is 9.88 Å². The summed E-state index contributed by atoms with van der Waals surface area (Å²) in [5, 5.41) is 0.690. The summed E-state index contributed by atoms with van der Waals surface area (Å²) in [6.07, 6.45) is 6.15. The van der Waals surface area contributed by atoms with Crippen LogP contribution in [0.2, 0.25) is 0 Å². The smallest absolute Gasteiger partial charge is 0.259 e. The van der Waals surface area contributed by atoms with Crippen molar-refractivity contribution in [2.75, 3.05) is 0 Å². The Balaban J connectivity index is 1.94. The first kappa shape index (κ1) is 19.1. The number of hydrogen-bond acceptors (Lipinski definition) is 4. The van der Waals surface area contributed by atoms with Gasteiger partial charge in [-0.3, -0.25) is 9.59 Å². The first-order valence-corrected chi connectivity index (χ1v) is 10.6. The number of aromatic nitrogens is 2. The van der Waals surface area contributed by atoms with Gasteiger partial charge in [0, 0.05) is 16.8 Å². The minimum absolute atomic E-state index is 0.0530. The summed E-state index contributed by atoms with van der Waals surface area (Å²) in [5.41, 5.74) is 0.916. The van der Waals surface area contributed by atoms with Crippen LogP contribution in [0.4, 0.5) is 0 Å². The van der Waals surface area contributed by atoms with Crippen molar-refractivity contribution in [2.45, 2.75) is 78.8 Å². The zero-order valence-corrected chi connectivity index (χ0v) is 17.0. The van der Waals surface area contributed by atoms with Gasteiger partial charge in [0.05, 0.1) is 11.9 Å². The minimum atomic E-state index is -0.0896. The molecular formula is C20H29N3O2S. The highest BCUT2D eigenvalue weighted by Crippen LogP contribution is 2.29. The van der Waals surface area contributed by atoms with Gasteiger partial charge in [0.25, 0.3) is 5.56 Å². The molecular weight excluding hydrogens is 346 g/mol. The molecule has 3 rings (SSSR count). The number of carbonyl (C=O) groups excluding carboxylic acids is 1. The van der Waals surface area contributed by atoms with Crippen LogP contribution < -0.4 is 5.56 Å². The van der Waals surface area contributed by atoms with Gasteiger partial charge in [0.1, 0.15) is 10.7 Å². The van der Waals surface area contributed by atoms with E-state index in [4.69, 9.17) is 4.98 Å². The topological polar surface area (TPSA) is 66.1 Å². The van der Waals surface area contributed by atoms with E-state index in [9.17, 15) is 9.59 Å². The molecule has 0 saturated heterocycles. The van der Waals surface area contributed by atoms with Gasteiger partial charge in [-0.05, 0) is 45.1 Å². The van der Waals surface area contributed by atoms with Crippen molar-refractivity contribution < 1.29 is 4.79 Å². The van der Waals surface area contributed by atoms with E-state index in [0.717, 1.165) is 41.0 Å². The Morgan fingerprint density at radius 3 is 2.54 bits per heavy atom. The van der Waals surface area contributed by atoms with Crippen LogP contribution in [0.5, 0.6) is 0 Å². The van der Waals surface area contributed by atoms with E-state index in [1.165, 1.54) is 12.8 Å². The molecule has 1 aliphatic rings. The second-order valence-electron chi connectivity index (χ2n) is 7.39. The number of carbonyl (C=O) groups is 1. The van der Waals surface area contributed by atoms with Crippen molar-refractivity contribution >= 4 is 27.5 Å². The van der Waals surface area contributed by atoms with Gasteiger partial charge in [-0.25, -0.2) is 4.98 Å². The summed E-state index contributed by atoms with van der Waals surface area (Å²) in [6.45, 7) is 8.53. The van der Waals surface area contributed by atoms with E-state index in [1.807, 2.05) is 18.7 Å². The highest BCUT2D eigenvalue weighted by molar-refractivity contribution is 7.18. The van der Waals surface area contributed by atoms with E-state index < -0.39 is 0 Å². The van der Waals surface area contributed by atoms with E-state index in [-0.39, 0.29) is 23.4 Å². The molecule has 1 N–H and O–H groups in total. The lowest BCUT2D eigenvalue weighted by Gasteiger charge is -2.31. The second-order valence-corrected chi connectivity index (χ2v) is 8.60. The molecule has 0 radical (unpaired) electrons. The van der Waals surface area contributed by atoms with Gasteiger partial charge in [0.2, 0.25) is 5.91 Å². The molecule has 2 aromatic rings. The summed E-state index contributed by atoms with van der Waals surface area (Å²) < 4.78 is 0. The number of aromatic amines is 1. The van der Waals surface area contributed by atoms with Gasteiger partial charge in [-0.1, -0.05) is 26.7 Å². The Labute approximate surface area is 158 Å². The molecule has 0 unspecified atom stereocenters. The van der Waals surface area contributed by atoms with Gasteiger partial charge >= 0.3 is 0 Å². The number of aryl methyl sites for hydroxylation is 2. The molecule has 1 aliphatic carbocycles. The molecule has 0 bridgehead atoms. The van der Waals surface area contributed by atoms with Crippen LogP contribution in [0.3, 0.4) is 0 Å². The molecule has 2 aromatic heterocycles. The molecule has 26 heavy (non-hydrogen) atoms. The summed E-state index contributed by atoms with van der Waals surface area (Å²) >= 11 is 1.56. The number of thiophene rings is 1. The molecule has 2 heterocycles. The Kier molecular flexibility index (Phi) is 5.80. The van der Waals surface area contributed by atoms with Crippen LogP contribution in [-0.4, -0.2) is 26.8 Å². The van der Waals surface area contributed by atoms with E-state index in [2.05, 4.69) is 18.8 Å². The standard InChI is InChI=1S/C20H29N3O2S/c1-5-14(6-2)20(25)23(15-9-7-8-10-15)11-16-21-18(24)17-12(3)13(4)26-19(17)22-16/h14-15H,5-11H2,1-4H3,(H,21,22,24). The zero-order valence-electron chi connectivity index (χ0n) is 16.2. The fraction of sp³-hybridized carbons (Fsp3) is 0.650. The maximum Gasteiger partial charge on any atom is 0.259 e. The third kappa shape index (κ3) is 3.56.